The summed E-state index contributed by atoms with van der Waals surface area (Å²) in [5.41, 5.74) is -0.452. The Hall–Kier alpha value is -1.18. The summed E-state index contributed by atoms with van der Waals surface area (Å²) in [5, 5.41) is 0.339. The van der Waals surface area contributed by atoms with Crippen LogP contribution >= 0.6 is 11.6 Å². The van der Waals surface area contributed by atoms with Crippen molar-refractivity contribution in [3.05, 3.63) is 34.6 Å². The van der Waals surface area contributed by atoms with E-state index in [1.165, 1.54) is 6.07 Å². The minimum absolute atomic E-state index is 0.339. The summed E-state index contributed by atoms with van der Waals surface area (Å²) in [7, 11) is 0. The molecule has 90 valence electrons. The van der Waals surface area contributed by atoms with Crippen molar-refractivity contribution in [2.45, 2.75) is 37.6 Å². The van der Waals surface area contributed by atoms with Gasteiger partial charge in [0.15, 0.2) is 0 Å². The fourth-order valence-corrected chi connectivity index (χ4v) is 2.92. The molecule has 0 aromatic heterocycles. The standard InChI is InChI=1S/C13H13ClFNO/c14-10-5-4-6-11(15)12(10)13(16-9-17)7-2-1-3-8-13/h4-6H,1-3,7-8H2. The van der Waals surface area contributed by atoms with Gasteiger partial charge in [-0.1, -0.05) is 36.9 Å². The molecule has 1 aromatic rings. The Morgan fingerprint density at radius 2 is 2.00 bits per heavy atom. The highest BCUT2D eigenvalue weighted by Crippen LogP contribution is 2.44. The van der Waals surface area contributed by atoms with Crippen molar-refractivity contribution in [3.63, 3.8) is 0 Å². The summed E-state index contributed by atoms with van der Waals surface area (Å²) in [6.45, 7) is 0. The molecule has 0 bridgehead atoms. The Kier molecular flexibility index (Phi) is 3.60. The van der Waals surface area contributed by atoms with Crippen LogP contribution in [0.3, 0.4) is 0 Å². The number of aliphatic imine (C=N–C) groups is 1. The molecule has 17 heavy (non-hydrogen) atoms. The van der Waals surface area contributed by atoms with Gasteiger partial charge in [-0.2, -0.15) is 4.99 Å². The number of isocyanates is 1. The van der Waals surface area contributed by atoms with Gasteiger partial charge in [-0.25, -0.2) is 9.18 Å². The lowest BCUT2D eigenvalue weighted by Gasteiger charge is -2.33. The lowest BCUT2D eigenvalue weighted by atomic mass is 9.77. The van der Waals surface area contributed by atoms with Gasteiger partial charge in [0.2, 0.25) is 6.08 Å². The summed E-state index contributed by atoms with van der Waals surface area (Å²) >= 11 is 6.06. The van der Waals surface area contributed by atoms with Gasteiger partial charge in [0.1, 0.15) is 11.4 Å². The number of carbonyl (C=O) groups excluding carboxylic acids is 1. The molecule has 0 N–H and O–H groups in total. The number of halogens is 2. The van der Waals surface area contributed by atoms with Crippen LogP contribution in [-0.2, 0) is 10.3 Å². The Morgan fingerprint density at radius 3 is 2.59 bits per heavy atom. The van der Waals surface area contributed by atoms with Crippen LogP contribution in [0.2, 0.25) is 5.02 Å². The summed E-state index contributed by atoms with van der Waals surface area (Å²) in [5.74, 6) is -0.390. The molecule has 1 saturated carbocycles. The fraction of sp³-hybridized carbons (Fsp3) is 0.462. The van der Waals surface area contributed by atoms with E-state index in [2.05, 4.69) is 4.99 Å². The van der Waals surface area contributed by atoms with Crippen LogP contribution in [0.1, 0.15) is 37.7 Å². The maximum atomic E-state index is 13.9. The lowest BCUT2D eigenvalue weighted by Crippen LogP contribution is -2.28. The van der Waals surface area contributed by atoms with E-state index in [-0.39, 0.29) is 0 Å². The molecule has 0 heterocycles. The van der Waals surface area contributed by atoms with Crippen LogP contribution in [0.5, 0.6) is 0 Å². The molecule has 0 atom stereocenters. The van der Waals surface area contributed by atoms with E-state index in [1.54, 1.807) is 18.2 Å². The molecular formula is C13H13ClFNO. The molecule has 2 rings (SSSR count). The summed E-state index contributed by atoms with van der Waals surface area (Å²) < 4.78 is 13.9. The van der Waals surface area contributed by atoms with Crippen LogP contribution in [-0.4, -0.2) is 6.08 Å². The van der Waals surface area contributed by atoms with Gasteiger partial charge in [0.05, 0.1) is 0 Å². The van der Waals surface area contributed by atoms with E-state index < -0.39 is 11.4 Å². The summed E-state index contributed by atoms with van der Waals surface area (Å²) in [6.07, 6.45) is 5.83. The average Bonchev–Trinajstić information content (AvgIpc) is 2.30. The first-order chi connectivity index (χ1) is 8.19. The highest BCUT2D eigenvalue weighted by atomic mass is 35.5. The largest absolute Gasteiger partial charge is 0.235 e. The van der Waals surface area contributed by atoms with E-state index >= 15 is 0 Å². The van der Waals surface area contributed by atoms with E-state index in [9.17, 15) is 9.18 Å². The van der Waals surface area contributed by atoms with Crippen molar-refractivity contribution < 1.29 is 9.18 Å². The minimum atomic E-state index is -0.803. The van der Waals surface area contributed by atoms with Gasteiger partial charge >= 0.3 is 0 Å². The third-order valence-corrected chi connectivity index (χ3v) is 3.68. The van der Waals surface area contributed by atoms with Crippen LogP contribution in [0.15, 0.2) is 23.2 Å². The van der Waals surface area contributed by atoms with E-state index in [0.29, 0.717) is 23.4 Å². The molecular weight excluding hydrogens is 241 g/mol. The van der Waals surface area contributed by atoms with Crippen LogP contribution in [0.4, 0.5) is 4.39 Å². The monoisotopic (exact) mass is 253 g/mol. The third kappa shape index (κ3) is 2.26. The van der Waals surface area contributed by atoms with E-state index in [0.717, 1.165) is 19.3 Å². The van der Waals surface area contributed by atoms with Gasteiger partial charge in [-0.05, 0) is 25.0 Å². The third-order valence-electron chi connectivity index (χ3n) is 3.37. The molecule has 0 amide bonds. The summed E-state index contributed by atoms with van der Waals surface area (Å²) in [4.78, 5) is 14.5. The molecule has 0 radical (unpaired) electrons. The molecule has 0 spiro atoms. The SMILES string of the molecule is O=C=NC1(c2c(F)cccc2Cl)CCCCC1. The highest BCUT2D eigenvalue weighted by Gasteiger charge is 2.37. The maximum Gasteiger partial charge on any atom is 0.235 e. The fourth-order valence-electron chi connectivity index (χ4n) is 2.58. The number of hydrogen-bond donors (Lipinski definition) is 0. The maximum absolute atomic E-state index is 13.9. The molecule has 1 fully saturated rings. The normalized spacial score (nSPS) is 18.5. The zero-order valence-corrected chi connectivity index (χ0v) is 10.1. The van der Waals surface area contributed by atoms with Gasteiger partial charge in [-0.3, -0.25) is 0 Å². The van der Waals surface area contributed by atoms with Crippen molar-refractivity contribution in [1.29, 1.82) is 0 Å². The van der Waals surface area contributed by atoms with Gasteiger partial charge < -0.3 is 0 Å². The predicted octanol–water partition coefficient (Wildman–Crippen LogP) is 3.97. The Bertz CT molecular complexity index is 442. The van der Waals surface area contributed by atoms with Crippen LogP contribution < -0.4 is 0 Å². The topological polar surface area (TPSA) is 29.4 Å². The highest BCUT2D eigenvalue weighted by molar-refractivity contribution is 6.31. The van der Waals surface area contributed by atoms with Gasteiger partial charge in [0.25, 0.3) is 0 Å². The Morgan fingerprint density at radius 1 is 1.29 bits per heavy atom. The number of benzene rings is 1. The van der Waals surface area contributed by atoms with E-state index in [1.807, 2.05) is 0 Å². The zero-order chi connectivity index (χ0) is 12.3. The van der Waals surface area contributed by atoms with Crippen molar-refractivity contribution in [3.8, 4) is 0 Å². The first kappa shape index (κ1) is 12.3. The predicted molar refractivity (Wildman–Crippen MR) is 64.3 cm³/mol. The number of hydrogen-bond acceptors (Lipinski definition) is 2. The first-order valence-corrected chi connectivity index (χ1v) is 6.11. The van der Waals surface area contributed by atoms with Crippen LogP contribution in [0.25, 0.3) is 0 Å². The molecule has 1 aliphatic rings. The Labute approximate surface area is 105 Å². The smallest absolute Gasteiger partial charge is 0.211 e. The summed E-state index contributed by atoms with van der Waals surface area (Å²) in [6, 6.07) is 4.55. The first-order valence-electron chi connectivity index (χ1n) is 5.73. The Balaban J connectivity index is 2.56. The average molecular weight is 254 g/mol. The number of rotatable bonds is 2. The molecule has 0 aliphatic heterocycles. The molecule has 0 unspecified atom stereocenters. The van der Waals surface area contributed by atoms with Crippen LogP contribution in [0, 0.1) is 5.82 Å². The van der Waals surface area contributed by atoms with Crippen molar-refractivity contribution in [2.24, 2.45) is 4.99 Å². The molecule has 4 heteroatoms. The minimum Gasteiger partial charge on any atom is -0.211 e. The second-order valence-corrected chi connectivity index (χ2v) is 4.80. The quantitative estimate of drug-likeness (QED) is 0.579. The number of nitrogens with zero attached hydrogens (tertiary/aromatic N) is 1. The molecule has 2 nitrogen and oxygen atoms in total. The molecule has 0 saturated heterocycles. The lowest BCUT2D eigenvalue weighted by molar-refractivity contribution is 0.295. The van der Waals surface area contributed by atoms with Crippen molar-refractivity contribution in [1.82, 2.24) is 0 Å². The molecule has 1 aliphatic carbocycles. The zero-order valence-electron chi connectivity index (χ0n) is 9.38. The van der Waals surface area contributed by atoms with Crippen molar-refractivity contribution >= 4 is 17.7 Å². The van der Waals surface area contributed by atoms with Gasteiger partial charge in [-0.15, -0.1) is 0 Å². The second kappa shape index (κ2) is 4.99. The second-order valence-electron chi connectivity index (χ2n) is 4.39. The molecule has 1 aromatic carbocycles. The van der Waals surface area contributed by atoms with Crippen molar-refractivity contribution in [2.75, 3.05) is 0 Å². The van der Waals surface area contributed by atoms with E-state index in [4.69, 9.17) is 11.6 Å². The van der Waals surface area contributed by atoms with Gasteiger partial charge in [0, 0.05) is 10.6 Å².